The van der Waals surface area contributed by atoms with E-state index in [9.17, 15) is 19.5 Å². The first-order chi connectivity index (χ1) is 13.0. The van der Waals surface area contributed by atoms with Crippen LogP contribution < -0.4 is 5.11 Å². The summed E-state index contributed by atoms with van der Waals surface area (Å²) in [6, 6.07) is 14.6. The fourth-order valence-electron chi connectivity index (χ4n) is 3.14. The molecule has 0 atom stereocenters. The van der Waals surface area contributed by atoms with Gasteiger partial charge in [0.05, 0.1) is 11.5 Å². The lowest BCUT2D eigenvalue weighted by Gasteiger charge is -2.07. The highest BCUT2D eigenvalue weighted by Crippen LogP contribution is 2.30. The summed E-state index contributed by atoms with van der Waals surface area (Å²) in [5, 5.41) is 11.1. The Labute approximate surface area is 154 Å². The molecule has 0 fully saturated rings. The molecule has 0 amide bonds. The number of rotatable bonds is 3. The van der Waals surface area contributed by atoms with Gasteiger partial charge >= 0.3 is 0 Å². The minimum absolute atomic E-state index is 0.0449. The molecule has 5 nitrogen and oxygen atoms in total. The predicted molar refractivity (Wildman–Crippen MR) is 96.3 cm³/mol. The van der Waals surface area contributed by atoms with Crippen LogP contribution in [0.2, 0.25) is 0 Å². The van der Waals surface area contributed by atoms with E-state index in [2.05, 4.69) is 0 Å². The second kappa shape index (κ2) is 6.21. The Bertz CT molecular complexity index is 1110. The van der Waals surface area contributed by atoms with Gasteiger partial charge in [-0.1, -0.05) is 36.4 Å². The van der Waals surface area contributed by atoms with Crippen LogP contribution in [0.3, 0.4) is 0 Å². The standard InChI is InChI=1S/C22H14O5/c1-12-6-7-13(22(25)26)10-17(12)19-9-8-14(27-19)11-18-20(23)15-4-2-3-5-16(15)21(18)24/h2-11H,1H3,(H,25,26)/p-1. The minimum Gasteiger partial charge on any atom is -0.545 e. The molecule has 132 valence electrons. The Kier molecular flexibility index (Phi) is 3.85. The molecule has 1 aromatic heterocycles. The maximum absolute atomic E-state index is 12.5. The summed E-state index contributed by atoms with van der Waals surface area (Å²) in [6.45, 7) is 1.83. The van der Waals surface area contributed by atoms with E-state index in [1.807, 2.05) is 6.92 Å². The number of carbonyl (C=O) groups is 3. The summed E-state index contributed by atoms with van der Waals surface area (Å²) in [7, 11) is 0. The fraction of sp³-hybridized carbons (Fsp3) is 0.0455. The Hall–Kier alpha value is -3.73. The molecule has 0 bridgehead atoms. The van der Waals surface area contributed by atoms with Gasteiger partial charge in [-0.15, -0.1) is 0 Å². The van der Waals surface area contributed by atoms with Crippen molar-refractivity contribution in [1.82, 2.24) is 0 Å². The van der Waals surface area contributed by atoms with Crippen LogP contribution in [0.4, 0.5) is 0 Å². The van der Waals surface area contributed by atoms with E-state index in [0.717, 1.165) is 5.56 Å². The number of Topliss-reactive ketones (excluding diaryl/α,β-unsaturated/α-hetero) is 2. The molecule has 1 aliphatic rings. The molecule has 0 radical (unpaired) electrons. The third-order valence-corrected chi connectivity index (χ3v) is 4.56. The van der Waals surface area contributed by atoms with Crippen LogP contribution in [0.5, 0.6) is 0 Å². The number of furan rings is 1. The molecule has 0 N–H and O–H groups in total. The molecular weight excluding hydrogens is 344 g/mol. The lowest BCUT2D eigenvalue weighted by atomic mass is 10.0. The van der Waals surface area contributed by atoms with Crippen molar-refractivity contribution in [2.24, 2.45) is 0 Å². The highest BCUT2D eigenvalue weighted by molar-refractivity contribution is 6.41. The van der Waals surface area contributed by atoms with E-state index in [1.54, 1.807) is 42.5 Å². The molecular formula is C22H13O5-. The SMILES string of the molecule is Cc1ccc(C(=O)[O-])cc1-c1ccc(C=C2C(=O)c3ccccc3C2=O)o1. The molecule has 0 spiro atoms. The van der Waals surface area contributed by atoms with Crippen LogP contribution in [-0.2, 0) is 0 Å². The van der Waals surface area contributed by atoms with Crippen molar-refractivity contribution in [1.29, 1.82) is 0 Å². The second-order valence-electron chi connectivity index (χ2n) is 6.28. The van der Waals surface area contributed by atoms with E-state index in [4.69, 9.17) is 4.42 Å². The van der Waals surface area contributed by atoms with E-state index < -0.39 is 5.97 Å². The number of hydrogen-bond donors (Lipinski definition) is 0. The lowest BCUT2D eigenvalue weighted by Crippen LogP contribution is -2.22. The number of fused-ring (bicyclic) bond motifs is 1. The molecule has 27 heavy (non-hydrogen) atoms. The zero-order chi connectivity index (χ0) is 19.1. The number of benzene rings is 2. The number of hydrogen-bond acceptors (Lipinski definition) is 5. The second-order valence-corrected chi connectivity index (χ2v) is 6.28. The van der Waals surface area contributed by atoms with Crippen LogP contribution in [0.15, 0.2) is 64.6 Å². The van der Waals surface area contributed by atoms with E-state index in [-0.39, 0.29) is 22.7 Å². The molecule has 0 aliphatic heterocycles. The quantitative estimate of drug-likeness (QED) is 0.531. The smallest absolute Gasteiger partial charge is 0.197 e. The monoisotopic (exact) mass is 357 g/mol. The highest BCUT2D eigenvalue weighted by atomic mass is 16.4. The van der Waals surface area contributed by atoms with Crippen LogP contribution in [-0.4, -0.2) is 17.5 Å². The van der Waals surface area contributed by atoms with Crippen molar-refractivity contribution >= 4 is 23.6 Å². The van der Waals surface area contributed by atoms with Gasteiger partial charge in [-0.25, -0.2) is 0 Å². The Morgan fingerprint density at radius 1 is 0.926 bits per heavy atom. The number of allylic oxidation sites excluding steroid dienone is 1. The summed E-state index contributed by atoms with van der Waals surface area (Å²) in [5.41, 5.74) is 2.31. The average molecular weight is 357 g/mol. The Morgan fingerprint density at radius 2 is 1.59 bits per heavy atom. The van der Waals surface area contributed by atoms with E-state index in [0.29, 0.717) is 28.2 Å². The van der Waals surface area contributed by atoms with Gasteiger partial charge in [0, 0.05) is 16.7 Å². The number of carboxylic acid groups (broad SMARTS) is 1. The summed E-state index contributed by atoms with van der Waals surface area (Å²) in [4.78, 5) is 36.0. The Balaban J connectivity index is 1.72. The molecule has 0 saturated carbocycles. The first-order valence-electron chi connectivity index (χ1n) is 8.28. The van der Waals surface area contributed by atoms with Gasteiger partial charge in [0.2, 0.25) is 0 Å². The van der Waals surface area contributed by atoms with Gasteiger partial charge < -0.3 is 14.3 Å². The first-order valence-corrected chi connectivity index (χ1v) is 8.28. The summed E-state index contributed by atoms with van der Waals surface area (Å²) >= 11 is 0. The zero-order valence-electron chi connectivity index (χ0n) is 14.3. The molecule has 0 unspecified atom stereocenters. The lowest BCUT2D eigenvalue weighted by molar-refractivity contribution is -0.255. The number of carboxylic acids is 1. The first kappa shape index (κ1) is 16.7. The van der Waals surface area contributed by atoms with Crippen LogP contribution in [0, 0.1) is 6.92 Å². The van der Waals surface area contributed by atoms with Crippen molar-refractivity contribution in [2.45, 2.75) is 6.92 Å². The van der Waals surface area contributed by atoms with Gasteiger partial charge in [-0.05, 0) is 42.3 Å². The molecule has 0 saturated heterocycles. The van der Waals surface area contributed by atoms with Crippen molar-refractivity contribution in [2.75, 3.05) is 0 Å². The van der Waals surface area contributed by atoms with Crippen molar-refractivity contribution in [3.05, 3.63) is 88.2 Å². The average Bonchev–Trinajstić information content (AvgIpc) is 3.21. The van der Waals surface area contributed by atoms with Crippen LogP contribution >= 0.6 is 0 Å². The Morgan fingerprint density at radius 3 is 2.22 bits per heavy atom. The molecule has 2 aromatic carbocycles. The molecule has 1 heterocycles. The van der Waals surface area contributed by atoms with Crippen LogP contribution in [0.25, 0.3) is 17.4 Å². The third kappa shape index (κ3) is 2.79. The largest absolute Gasteiger partial charge is 0.545 e. The summed E-state index contributed by atoms with van der Waals surface area (Å²) in [6.07, 6.45) is 1.42. The van der Waals surface area contributed by atoms with Crippen LogP contribution in [0.1, 0.15) is 42.4 Å². The molecule has 4 rings (SSSR count). The number of ketones is 2. The number of aryl methyl sites for hydroxylation is 1. The number of carbonyl (C=O) groups excluding carboxylic acids is 3. The van der Waals surface area contributed by atoms with Gasteiger partial charge in [-0.3, -0.25) is 9.59 Å². The molecule has 5 heteroatoms. The van der Waals surface area contributed by atoms with Crippen molar-refractivity contribution in [3.63, 3.8) is 0 Å². The normalized spacial score (nSPS) is 13.0. The molecule has 1 aliphatic carbocycles. The summed E-state index contributed by atoms with van der Waals surface area (Å²) < 4.78 is 5.75. The van der Waals surface area contributed by atoms with Gasteiger partial charge in [-0.2, -0.15) is 0 Å². The minimum atomic E-state index is -1.27. The maximum Gasteiger partial charge on any atom is 0.197 e. The van der Waals surface area contributed by atoms with E-state index in [1.165, 1.54) is 18.2 Å². The maximum atomic E-state index is 12.5. The number of aromatic carboxylic acids is 1. The van der Waals surface area contributed by atoms with Gasteiger partial charge in [0.15, 0.2) is 11.6 Å². The third-order valence-electron chi connectivity index (χ3n) is 4.56. The highest BCUT2D eigenvalue weighted by Gasteiger charge is 2.32. The van der Waals surface area contributed by atoms with Gasteiger partial charge in [0.25, 0.3) is 0 Å². The van der Waals surface area contributed by atoms with Crippen molar-refractivity contribution < 1.29 is 23.9 Å². The topological polar surface area (TPSA) is 87.4 Å². The van der Waals surface area contributed by atoms with Crippen molar-refractivity contribution in [3.8, 4) is 11.3 Å². The predicted octanol–water partition coefficient (Wildman–Crippen LogP) is 3.08. The molecule has 3 aromatic rings. The zero-order valence-corrected chi connectivity index (χ0v) is 14.3. The van der Waals surface area contributed by atoms with Gasteiger partial charge in [0.1, 0.15) is 11.5 Å². The van der Waals surface area contributed by atoms with E-state index >= 15 is 0 Å². The fourth-order valence-corrected chi connectivity index (χ4v) is 3.14. The summed E-state index contributed by atoms with van der Waals surface area (Å²) in [5.74, 6) is -1.15.